The van der Waals surface area contributed by atoms with Crippen LogP contribution in [0.2, 0.25) is 0 Å². The highest BCUT2D eigenvalue weighted by atomic mass is 16.5. The van der Waals surface area contributed by atoms with Gasteiger partial charge in [0.25, 0.3) is 0 Å². The minimum Gasteiger partial charge on any atom is -0.450 e. The molecule has 1 amide bonds. The molecule has 0 aliphatic heterocycles. The summed E-state index contributed by atoms with van der Waals surface area (Å²) in [6.07, 6.45) is 1.02. The summed E-state index contributed by atoms with van der Waals surface area (Å²) in [5.41, 5.74) is 7.35. The van der Waals surface area contributed by atoms with E-state index in [4.69, 9.17) is 5.73 Å². The minimum absolute atomic E-state index is 0.392. The molecular formula is C11H15NO2. The summed E-state index contributed by atoms with van der Waals surface area (Å²) >= 11 is 0. The van der Waals surface area contributed by atoms with Crippen molar-refractivity contribution >= 4 is 6.09 Å². The van der Waals surface area contributed by atoms with Crippen molar-refractivity contribution < 1.29 is 9.53 Å². The van der Waals surface area contributed by atoms with Crippen molar-refractivity contribution in [3.8, 4) is 0 Å². The number of primary amides is 1. The standard InChI is InChI=1S/C11H15NO2/c1-9-4-2-5-10(8-9)6-3-7-14-11(12)13/h2,4-5,8H,3,6-7H2,1H3,(H2,12,13). The van der Waals surface area contributed by atoms with Gasteiger partial charge in [-0.2, -0.15) is 0 Å². The minimum atomic E-state index is -0.700. The van der Waals surface area contributed by atoms with Crippen LogP contribution in [-0.4, -0.2) is 12.7 Å². The number of hydrogen-bond donors (Lipinski definition) is 1. The van der Waals surface area contributed by atoms with E-state index < -0.39 is 6.09 Å². The molecule has 0 unspecified atom stereocenters. The Balaban J connectivity index is 2.28. The summed E-state index contributed by atoms with van der Waals surface area (Å²) in [5.74, 6) is 0. The van der Waals surface area contributed by atoms with Crippen LogP contribution in [-0.2, 0) is 11.2 Å². The van der Waals surface area contributed by atoms with Crippen LogP contribution in [0.1, 0.15) is 17.5 Å². The fraction of sp³-hybridized carbons (Fsp3) is 0.364. The first kappa shape index (κ1) is 10.6. The second-order valence-electron chi connectivity index (χ2n) is 3.26. The van der Waals surface area contributed by atoms with E-state index in [-0.39, 0.29) is 0 Å². The number of aryl methyl sites for hydroxylation is 2. The molecule has 0 spiro atoms. The van der Waals surface area contributed by atoms with Crippen LogP contribution in [0.4, 0.5) is 4.79 Å². The van der Waals surface area contributed by atoms with Crippen LogP contribution in [0, 0.1) is 6.92 Å². The molecular weight excluding hydrogens is 178 g/mol. The third kappa shape index (κ3) is 3.94. The molecule has 0 saturated heterocycles. The lowest BCUT2D eigenvalue weighted by atomic mass is 10.1. The van der Waals surface area contributed by atoms with Gasteiger partial charge < -0.3 is 10.5 Å². The summed E-state index contributed by atoms with van der Waals surface area (Å²) in [5, 5.41) is 0. The van der Waals surface area contributed by atoms with E-state index >= 15 is 0 Å². The highest BCUT2D eigenvalue weighted by Crippen LogP contribution is 2.06. The molecule has 0 radical (unpaired) electrons. The van der Waals surface area contributed by atoms with E-state index in [1.54, 1.807) is 0 Å². The van der Waals surface area contributed by atoms with Crippen molar-refractivity contribution in [3.63, 3.8) is 0 Å². The quantitative estimate of drug-likeness (QED) is 0.744. The zero-order valence-electron chi connectivity index (χ0n) is 8.32. The first-order valence-corrected chi connectivity index (χ1v) is 4.66. The van der Waals surface area contributed by atoms with E-state index in [2.05, 4.69) is 29.9 Å². The van der Waals surface area contributed by atoms with Crippen LogP contribution in [0.15, 0.2) is 24.3 Å². The molecule has 3 heteroatoms. The number of carbonyl (C=O) groups excluding carboxylic acids is 1. The molecule has 2 N–H and O–H groups in total. The summed E-state index contributed by atoms with van der Waals surface area (Å²) in [7, 11) is 0. The number of carbonyl (C=O) groups is 1. The SMILES string of the molecule is Cc1cccc(CCCOC(N)=O)c1. The van der Waals surface area contributed by atoms with Gasteiger partial charge in [-0.3, -0.25) is 0 Å². The lowest BCUT2D eigenvalue weighted by molar-refractivity contribution is 0.155. The van der Waals surface area contributed by atoms with Crippen LogP contribution in [0.3, 0.4) is 0 Å². The second-order valence-corrected chi connectivity index (χ2v) is 3.26. The number of amides is 1. The molecule has 14 heavy (non-hydrogen) atoms. The molecule has 0 bridgehead atoms. The molecule has 0 aliphatic carbocycles. The number of hydrogen-bond acceptors (Lipinski definition) is 2. The van der Waals surface area contributed by atoms with Crippen molar-refractivity contribution in [1.82, 2.24) is 0 Å². The maximum Gasteiger partial charge on any atom is 0.404 e. The van der Waals surface area contributed by atoms with Gasteiger partial charge in [0.2, 0.25) is 0 Å². The predicted octanol–water partition coefficient (Wildman–Crippen LogP) is 2.02. The van der Waals surface area contributed by atoms with Gasteiger partial charge >= 0.3 is 6.09 Å². The van der Waals surface area contributed by atoms with Gasteiger partial charge in [0.1, 0.15) is 0 Å². The van der Waals surface area contributed by atoms with Crippen molar-refractivity contribution in [1.29, 1.82) is 0 Å². The highest BCUT2D eigenvalue weighted by molar-refractivity contribution is 5.64. The van der Waals surface area contributed by atoms with Crippen LogP contribution in [0.5, 0.6) is 0 Å². The number of rotatable bonds is 4. The van der Waals surface area contributed by atoms with E-state index in [0.29, 0.717) is 6.61 Å². The molecule has 0 saturated carbocycles. The number of nitrogens with two attached hydrogens (primary N) is 1. The molecule has 76 valence electrons. The summed E-state index contributed by atoms with van der Waals surface area (Å²) < 4.78 is 4.63. The van der Waals surface area contributed by atoms with Crippen LogP contribution >= 0.6 is 0 Å². The van der Waals surface area contributed by atoms with Gasteiger partial charge in [0, 0.05) is 0 Å². The Morgan fingerprint density at radius 2 is 2.29 bits per heavy atom. The van der Waals surface area contributed by atoms with Gasteiger partial charge in [0.15, 0.2) is 0 Å². The molecule has 0 heterocycles. The highest BCUT2D eigenvalue weighted by Gasteiger charge is 1.96. The smallest absolute Gasteiger partial charge is 0.404 e. The first-order chi connectivity index (χ1) is 6.68. The summed E-state index contributed by atoms with van der Waals surface area (Å²) in [6, 6.07) is 8.28. The lowest BCUT2D eigenvalue weighted by Crippen LogP contribution is -2.13. The number of benzene rings is 1. The fourth-order valence-electron chi connectivity index (χ4n) is 1.32. The van der Waals surface area contributed by atoms with Crippen molar-refractivity contribution in [3.05, 3.63) is 35.4 Å². The molecule has 1 rings (SSSR count). The van der Waals surface area contributed by atoms with Gasteiger partial charge in [0.05, 0.1) is 6.61 Å². The monoisotopic (exact) mass is 193 g/mol. The van der Waals surface area contributed by atoms with Gasteiger partial charge in [-0.25, -0.2) is 4.79 Å². The third-order valence-corrected chi connectivity index (χ3v) is 1.94. The third-order valence-electron chi connectivity index (χ3n) is 1.94. The Morgan fingerprint density at radius 3 is 2.93 bits per heavy atom. The normalized spacial score (nSPS) is 9.79. The molecule has 0 aliphatic rings. The Morgan fingerprint density at radius 1 is 1.50 bits per heavy atom. The second kappa shape index (κ2) is 5.27. The number of ether oxygens (including phenoxy) is 1. The average Bonchev–Trinajstić information content (AvgIpc) is 2.12. The van der Waals surface area contributed by atoms with E-state index in [0.717, 1.165) is 12.8 Å². The summed E-state index contributed by atoms with van der Waals surface area (Å²) in [4.78, 5) is 10.3. The largest absolute Gasteiger partial charge is 0.450 e. The molecule has 1 aromatic carbocycles. The molecule has 0 aromatic heterocycles. The zero-order valence-corrected chi connectivity index (χ0v) is 8.32. The van der Waals surface area contributed by atoms with Gasteiger partial charge in [-0.15, -0.1) is 0 Å². The van der Waals surface area contributed by atoms with Crippen molar-refractivity contribution in [2.24, 2.45) is 5.73 Å². The maximum absolute atomic E-state index is 10.3. The van der Waals surface area contributed by atoms with E-state index in [1.807, 2.05) is 6.07 Å². The Kier molecular flexibility index (Phi) is 3.98. The molecule has 0 fully saturated rings. The van der Waals surface area contributed by atoms with E-state index in [1.165, 1.54) is 11.1 Å². The lowest BCUT2D eigenvalue weighted by Gasteiger charge is -2.02. The molecule has 1 aromatic rings. The van der Waals surface area contributed by atoms with Crippen molar-refractivity contribution in [2.45, 2.75) is 19.8 Å². The van der Waals surface area contributed by atoms with E-state index in [9.17, 15) is 4.79 Å². The summed E-state index contributed by atoms with van der Waals surface area (Å²) in [6.45, 7) is 2.45. The van der Waals surface area contributed by atoms with Crippen LogP contribution in [0.25, 0.3) is 0 Å². The van der Waals surface area contributed by atoms with Crippen LogP contribution < -0.4 is 5.73 Å². The first-order valence-electron chi connectivity index (χ1n) is 4.66. The maximum atomic E-state index is 10.3. The zero-order chi connectivity index (χ0) is 10.4. The Hall–Kier alpha value is -1.51. The predicted molar refractivity (Wildman–Crippen MR) is 55.0 cm³/mol. The van der Waals surface area contributed by atoms with Gasteiger partial charge in [-0.05, 0) is 25.3 Å². The Bertz CT molecular complexity index is 310. The molecule has 3 nitrogen and oxygen atoms in total. The Labute approximate surface area is 83.9 Å². The van der Waals surface area contributed by atoms with Gasteiger partial charge in [-0.1, -0.05) is 29.8 Å². The van der Waals surface area contributed by atoms with Crippen molar-refractivity contribution in [2.75, 3.05) is 6.61 Å². The topological polar surface area (TPSA) is 52.3 Å². The average molecular weight is 193 g/mol. The fourth-order valence-corrected chi connectivity index (χ4v) is 1.32. The molecule has 0 atom stereocenters.